The molecule has 1 saturated heterocycles. The van der Waals surface area contributed by atoms with Crippen molar-refractivity contribution in [3.8, 4) is 0 Å². The van der Waals surface area contributed by atoms with E-state index in [-0.39, 0.29) is 12.2 Å². The lowest BCUT2D eigenvalue weighted by atomic mass is 10.2. The average Bonchev–Trinajstić information content (AvgIpc) is 2.78. The van der Waals surface area contributed by atoms with Crippen molar-refractivity contribution in [3.63, 3.8) is 0 Å². The lowest BCUT2D eigenvalue weighted by Gasteiger charge is -2.35. The van der Waals surface area contributed by atoms with Crippen molar-refractivity contribution >= 4 is 17.3 Å². The van der Waals surface area contributed by atoms with E-state index in [1.54, 1.807) is 0 Å². The van der Waals surface area contributed by atoms with Crippen molar-refractivity contribution in [1.82, 2.24) is 9.88 Å². The molecule has 2 atom stereocenters. The third kappa shape index (κ3) is 3.77. The van der Waals surface area contributed by atoms with Gasteiger partial charge in [-0.05, 0) is 20.3 Å². The molecule has 1 aromatic rings. The zero-order valence-corrected chi connectivity index (χ0v) is 13.1. The second-order valence-corrected chi connectivity index (χ2v) is 6.39. The highest BCUT2D eigenvalue weighted by Gasteiger charge is 2.22. The summed E-state index contributed by atoms with van der Waals surface area (Å²) in [5, 5.41) is 10.1. The molecule has 1 aliphatic heterocycles. The Morgan fingerprint density at radius 2 is 2.10 bits per heavy atom. The van der Waals surface area contributed by atoms with Gasteiger partial charge in [0.2, 0.25) is 0 Å². The Morgan fingerprint density at radius 3 is 2.60 bits per heavy atom. The second kappa shape index (κ2) is 6.65. The first kappa shape index (κ1) is 15.4. The van der Waals surface area contributed by atoms with Crippen LogP contribution in [0.1, 0.15) is 41.1 Å². The topological polar surface area (TPSA) is 62.7 Å². The predicted octanol–water partition coefficient (Wildman–Crippen LogP) is 2.06. The highest BCUT2D eigenvalue weighted by molar-refractivity contribution is 7.13. The molecule has 6 heteroatoms. The predicted molar refractivity (Wildman–Crippen MR) is 78.6 cm³/mol. The Morgan fingerprint density at radius 1 is 1.45 bits per heavy atom. The van der Waals surface area contributed by atoms with Gasteiger partial charge in [0.25, 0.3) is 0 Å². The molecule has 0 radical (unpaired) electrons. The van der Waals surface area contributed by atoms with Crippen molar-refractivity contribution in [2.45, 2.75) is 45.8 Å². The number of rotatable bonds is 5. The minimum absolute atomic E-state index is 0.260. The molecule has 0 spiro atoms. The van der Waals surface area contributed by atoms with E-state index in [4.69, 9.17) is 9.84 Å². The third-order valence-corrected chi connectivity index (χ3v) is 4.55. The van der Waals surface area contributed by atoms with Crippen LogP contribution in [0.4, 0.5) is 0 Å². The summed E-state index contributed by atoms with van der Waals surface area (Å²) in [5.74, 6) is -0.862. The van der Waals surface area contributed by atoms with Crippen LogP contribution in [0.3, 0.4) is 0 Å². The zero-order valence-electron chi connectivity index (χ0n) is 12.3. The second-order valence-electron chi connectivity index (χ2n) is 5.31. The molecule has 1 aliphatic rings. The van der Waals surface area contributed by atoms with E-state index in [9.17, 15) is 4.79 Å². The van der Waals surface area contributed by atoms with Gasteiger partial charge >= 0.3 is 5.97 Å². The Hall–Kier alpha value is -0.980. The molecule has 0 bridgehead atoms. The summed E-state index contributed by atoms with van der Waals surface area (Å²) < 4.78 is 5.71. The summed E-state index contributed by atoms with van der Waals surface area (Å²) in [4.78, 5) is 18.3. The maximum atomic E-state index is 11.1. The number of carboxylic acids is 1. The van der Waals surface area contributed by atoms with Crippen LogP contribution in [0.25, 0.3) is 0 Å². The highest BCUT2D eigenvalue weighted by Crippen LogP contribution is 2.20. The smallest absolute Gasteiger partial charge is 0.347 e. The lowest BCUT2D eigenvalue weighted by Crippen LogP contribution is -2.46. The van der Waals surface area contributed by atoms with Gasteiger partial charge in [-0.1, -0.05) is 6.92 Å². The van der Waals surface area contributed by atoms with Crippen LogP contribution >= 0.6 is 11.3 Å². The number of aromatic carboxylic acids is 1. The van der Waals surface area contributed by atoms with E-state index in [0.29, 0.717) is 17.0 Å². The van der Waals surface area contributed by atoms with Crippen molar-refractivity contribution < 1.29 is 14.6 Å². The van der Waals surface area contributed by atoms with Crippen molar-refractivity contribution in [3.05, 3.63) is 15.6 Å². The number of thiazole rings is 1. The van der Waals surface area contributed by atoms with E-state index in [2.05, 4.69) is 23.7 Å². The van der Waals surface area contributed by atoms with Gasteiger partial charge in [0.1, 0.15) is 4.88 Å². The molecule has 2 unspecified atom stereocenters. The summed E-state index contributed by atoms with van der Waals surface area (Å²) in [6, 6.07) is 0. The maximum Gasteiger partial charge on any atom is 0.347 e. The molecule has 1 N–H and O–H groups in total. The number of carbonyl (C=O) groups is 1. The molecule has 0 aromatic carbocycles. The molecule has 1 fully saturated rings. The van der Waals surface area contributed by atoms with E-state index in [1.807, 2.05) is 6.92 Å². The van der Waals surface area contributed by atoms with Crippen LogP contribution < -0.4 is 0 Å². The summed E-state index contributed by atoms with van der Waals surface area (Å²) in [5.41, 5.74) is 0.709. The van der Waals surface area contributed by atoms with Crippen molar-refractivity contribution in [2.75, 3.05) is 19.6 Å². The first-order valence-electron chi connectivity index (χ1n) is 7.09. The van der Waals surface area contributed by atoms with Gasteiger partial charge in [-0.15, -0.1) is 11.3 Å². The third-order valence-electron chi connectivity index (χ3n) is 3.41. The molecular formula is C14H22N2O3S. The fourth-order valence-corrected chi connectivity index (χ4v) is 3.62. The Bertz CT molecular complexity index is 465. The van der Waals surface area contributed by atoms with E-state index >= 15 is 0 Å². The molecule has 1 aromatic heterocycles. The number of ether oxygens (including phenoxy) is 1. The maximum absolute atomic E-state index is 11.1. The van der Waals surface area contributed by atoms with Gasteiger partial charge in [0.15, 0.2) is 0 Å². The summed E-state index contributed by atoms with van der Waals surface area (Å²) >= 11 is 1.31. The van der Waals surface area contributed by atoms with Gasteiger partial charge in [-0.2, -0.15) is 0 Å². The highest BCUT2D eigenvalue weighted by atomic mass is 32.1. The van der Waals surface area contributed by atoms with Gasteiger partial charge in [0, 0.05) is 26.1 Å². The summed E-state index contributed by atoms with van der Waals surface area (Å²) in [6.07, 6.45) is 2.00. The molecule has 20 heavy (non-hydrogen) atoms. The normalized spacial score (nSPS) is 23.9. The van der Waals surface area contributed by atoms with E-state index in [1.165, 1.54) is 11.3 Å². The SMILES string of the molecule is CCc1nc(CCN2CC(C)OC(C)C2)sc1C(=O)O. The van der Waals surface area contributed by atoms with Crippen LogP contribution in [0.5, 0.6) is 0 Å². The number of nitrogens with zero attached hydrogens (tertiary/aromatic N) is 2. The summed E-state index contributed by atoms with van der Waals surface area (Å²) in [7, 11) is 0. The number of hydrogen-bond acceptors (Lipinski definition) is 5. The fourth-order valence-electron chi connectivity index (χ4n) is 2.64. The van der Waals surface area contributed by atoms with Gasteiger partial charge < -0.3 is 9.84 Å². The molecule has 0 aliphatic carbocycles. The number of hydrogen-bond donors (Lipinski definition) is 1. The molecular weight excluding hydrogens is 276 g/mol. The van der Waals surface area contributed by atoms with Crippen molar-refractivity contribution in [2.24, 2.45) is 0 Å². The standard InChI is InChI=1S/C14H22N2O3S/c1-4-11-13(14(17)18)20-12(15-11)5-6-16-7-9(2)19-10(3)8-16/h9-10H,4-8H2,1-3H3,(H,17,18). The van der Waals surface area contributed by atoms with E-state index < -0.39 is 5.97 Å². The molecule has 2 heterocycles. The van der Waals surface area contributed by atoms with Gasteiger partial charge in [0.05, 0.1) is 22.9 Å². The minimum Gasteiger partial charge on any atom is -0.477 e. The van der Waals surface area contributed by atoms with Crippen molar-refractivity contribution in [1.29, 1.82) is 0 Å². The minimum atomic E-state index is -0.862. The van der Waals surface area contributed by atoms with Gasteiger partial charge in [-0.3, -0.25) is 4.90 Å². The lowest BCUT2D eigenvalue weighted by molar-refractivity contribution is -0.0675. The van der Waals surface area contributed by atoms with Crippen LogP contribution in [-0.4, -0.2) is 52.8 Å². The monoisotopic (exact) mass is 298 g/mol. The van der Waals surface area contributed by atoms with Crippen LogP contribution in [-0.2, 0) is 17.6 Å². The van der Waals surface area contributed by atoms with Crippen LogP contribution in [0, 0.1) is 0 Å². The molecule has 2 rings (SSSR count). The van der Waals surface area contributed by atoms with Crippen LogP contribution in [0.2, 0.25) is 0 Å². The Labute approximate surface area is 123 Å². The van der Waals surface area contributed by atoms with Gasteiger partial charge in [-0.25, -0.2) is 9.78 Å². The Kier molecular flexibility index (Phi) is 5.12. The molecule has 5 nitrogen and oxygen atoms in total. The first-order valence-corrected chi connectivity index (χ1v) is 7.91. The molecule has 0 saturated carbocycles. The number of morpholine rings is 1. The summed E-state index contributed by atoms with van der Waals surface area (Å²) in [6.45, 7) is 8.89. The quantitative estimate of drug-likeness (QED) is 0.901. The fraction of sp³-hybridized carbons (Fsp3) is 0.714. The first-order chi connectivity index (χ1) is 9.49. The van der Waals surface area contributed by atoms with Crippen LogP contribution in [0.15, 0.2) is 0 Å². The zero-order chi connectivity index (χ0) is 14.7. The largest absolute Gasteiger partial charge is 0.477 e. The molecule has 112 valence electrons. The van der Waals surface area contributed by atoms with E-state index in [0.717, 1.165) is 31.1 Å². The Balaban J connectivity index is 1.95. The number of carboxylic acid groups (broad SMARTS) is 1. The number of aryl methyl sites for hydroxylation is 1. The average molecular weight is 298 g/mol. The number of aromatic nitrogens is 1. The molecule has 0 amide bonds.